The largest absolute Gasteiger partial charge is 0.426 e. The number of fused-ring (bicyclic) bond motifs is 1. The number of rotatable bonds is 2. The van der Waals surface area contributed by atoms with Crippen LogP contribution in [0.1, 0.15) is 18.1 Å². The van der Waals surface area contributed by atoms with Crippen LogP contribution in [0.4, 0.5) is 11.4 Å². The number of benzene rings is 2. The summed E-state index contributed by atoms with van der Waals surface area (Å²) in [5.41, 5.74) is 3.20. The van der Waals surface area contributed by atoms with E-state index in [1.807, 2.05) is 32.0 Å². The topological polar surface area (TPSA) is 79.0 Å². The van der Waals surface area contributed by atoms with E-state index in [0.717, 1.165) is 16.8 Å². The molecule has 1 atom stereocenters. The number of halogens is 1. The number of carbonyl (C=O) groups excluding carboxylic acids is 3. The maximum Gasteiger partial charge on any atom is 0.315 e. The minimum absolute atomic E-state index is 0.0358. The molecule has 2 aliphatic rings. The standard InChI is InChI=1S/C22H22ClN3O4/c1-13-3-6-17(11-18(13)23)26-8-7-25(12-14(26)2)22(29)21(28)24-16-5-4-15-9-20(27)30-19(15)10-16/h3-6,10-11,14H,7-9,12H2,1-2H3,(H,24,28)/t14-/m1/s1. The third-order valence-electron chi connectivity index (χ3n) is 5.48. The number of carbonyl (C=O) groups is 3. The first-order chi connectivity index (χ1) is 14.3. The van der Waals surface area contributed by atoms with Gasteiger partial charge in [-0.15, -0.1) is 0 Å². The van der Waals surface area contributed by atoms with E-state index in [-0.39, 0.29) is 18.4 Å². The highest BCUT2D eigenvalue weighted by molar-refractivity contribution is 6.39. The second-order valence-electron chi connectivity index (χ2n) is 7.65. The lowest BCUT2D eigenvalue weighted by atomic mass is 10.1. The van der Waals surface area contributed by atoms with Crippen molar-refractivity contribution in [3.05, 3.63) is 52.5 Å². The average Bonchev–Trinajstić information content (AvgIpc) is 3.08. The summed E-state index contributed by atoms with van der Waals surface area (Å²) >= 11 is 6.25. The average molecular weight is 428 g/mol. The van der Waals surface area contributed by atoms with Crippen molar-refractivity contribution in [2.45, 2.75) is 26.3 Å². The number of aryl methyl sites for hydroxylation is 1. The lowest BCUT2D eigenvalue weighted by Crippen LogP contribution is -2.55. The van der Waals surface area contributed by atoms with Crippen LogP contribution in [0.15, 0.2) is 36.4 Å². The molecule has 2 aliphatic heterocycles. The summed E-state index contributed by atoms with van der Waals surface area (Å²) in [6.45, 7) is 5.44. The SMILES string of the molecule is Cc1ccc(N2CCN(C(=O)C(=O)Nc3ccc4c(c3)OC(=O)C4)C[C@H]2C)cc1Cl. The molecule has 0 radical (unpaired) electrons. The van der Waals surface area contributed by atoms with Crippen LogP contribution in [0.3, 0.4) is 0 Å². The smallest absolute Gasteiger partial charge is 0.315 e. The van der Waals surface area contributed by atoms with Crippen LogP contribution in [0.5, 0.6) is 5.75 Å². The summed E-state index contributed by atoms with van der Waals surface area (Å²) in [5.74, 6) is -1.20. The fourth-order valence-electron chi connectivity index (χ4n) is 3.80. The quantitative estimate of drug-likeness (QED) is 0.453. The minimum Gasteiger partial charge on any atom is -0.426 e. The van der Waals surface area contributed by atoms with E-state index >= 15 is 0 Å². The Morgan fingerprint density at radius 2 is 1.97 bits per heavy atom. The van der Waals surface area contributed by atoms with Crippen LogP contribution in [-0.4, -0.2) is 48.4 Å². The third kappa shape index (κ3) is 3.98. The predicted molar refractivity (Wildman–Crippen MR) is 114 cm³/mol. The van der Waals surface area contributed by atoms with Gasteiger partial charge in [0.05, 0.1) is 6.42 Å². The molecule has 0 saturated carbocycles. The number of esters is 1. The summed E-state index contributed by atoms with van der Waals surface area (Å²) in [4.78, 5) is 40.2. The molecule has 156 valence electrons. The number of nitrogens with zero attached hydrogens (tertiary/aromatic N) is 2. The highest BCUT2D eigenvalue weighted by Crippen LogP contribution is 2.29. The van der Waals surface area contributed by atoms with Crippen molar-refractivity contribution in [1.29, 1.82) is 0 Å². The van der Waals surface area contributed by atoms with Gasteiger partial charge in [0.25, 0.3) is 0 Å². The van der Waals surface area contributed by atoms with Gasteiger partial charge in [-0.05, 0) is 37.6 Å². The Bertz CT molecular complexity index is 1040. The van der Waals surface area contributed by atoms with E-state index in [9.17, 15) is 14.4 Å². The summed E-state index contributed by atoms with van der Waals surface area (Å²) in [7, 11) is 0. The van der Waals surface area contributed by atoms with Gasteiger partial charge in [-0.2, -0.15) is 0 Å². The first-order valence-corrected chi connectivity index (χ1v) is 10.2. The molecule has 0 spiro atoms. The van der Waals surface area contributed by atoms with Crippen molar-refractivity contribution in [2.24, 2.45) is 0 Å². The number of anilines is 2. The van der Waals surface area contributed by atoms with Crippen molar-refractivity contribution in [2.75, 3.05) is 29.9 Å². The van der Waals surface area contributed by atoms with Crippen LogP contribution in [-0.2, 0) is 20.8 Å². The first kappa shape index (κ1) is 20.2. The van der Waals surface area contributed by atoms with E-state index in [2.05, 4.69) is 10.2 Å². The van der Waals surface area contributed by atoms with Gasteiger partial charge in [0, 0.05) is 53.7 Å². The summed E-state index contributed by atoms with van der Waals surface area (Å²) in [6, 6.07) is 10.9. The molecular formula is C22H22ClN3O4. The van der Waals surface area contributed by atoms with E-state index in [1.54, 1.807) is 23.1 Å². The molecule has 1 N–H and O–H groups in total. The number of ether oxygens (including phenoxy) is 1. The number of nitrogens with one attached hydrogen (secondary N) is 1. The maximum atomic E-state index is 12.7. The van der Waals surface area contributed by atoms with Crippen LogP contribution in [0, 0.1) is 6.92 Å². The summed E-state index contributed by atoms with van der Waals surface area (Å²) in [6.07, 6.45) is 0.219. The minimum atomic E-state index is -0.710. The zero-order chi connectivity index (χ0) is 21.4. The van der Waals surface area contributed by atoms with Gasteiger partial charge < -0.3 is 19.9 Å². The molecule has 8 heteroatoms. The van der Waals surface area contributed by atoms with Gasteiger partial charge >= 0.3 is 17.8 Å². The van der Waals surface area contributed by atoms with E-state index in [4.69, 9.17) is 16.3 Å². The Hall–Kier alpha value is -3.06. The molecule has 0 unspecified atom stereocenters. The molecule has 0 aliphatic carbocycles. The molecule has 2 aromatic rings. The second kappa shape index (κ2) is 7.99. The summed E-state index contributed by atoms with van der Waals surface area (Å²) < 4.78 is 5.09. The monoisotopic (exact) mass is 427 g/mol. The van der Waals surface area contributed by atoms with Gasteiger partial charge in [0.15, 0.2) is 0 Å². The number of hydrogen-bond donors (Lipinski definition) is 1. The zero-order valence-electron chi connectivity index (χ0n) is 16.8. The number of piperazine rings is 1. The zero-order valence-corrected chi connectivity index (χ0v) is 17.5. The van der Waals surface area contributed by atoms with Crippen molar-refractivity contribution in [3.8, 4) is 5.75 Å². The molecule has 2 amide bonds. The van der Waals surface area contributed by atoms with Crippen molar-refractivity contribution < 1.29 is 19.1 Å². The first-order valence-electron chi connectivity index (χ1n) is 9.78. The fourth-order valence-corrected chi connectivity index (χ4v) is 3.98. The van der Waals surface area contributed by atoms with E-state index in [0.29, 0.717) is 36.1 Å². The Morgan fingerprint density at radius 3 is 2.70 bits per heavy atom. The van der Waals surface area contributed by atoms with E-state index in [1.165, 1.54) is 0 Å². The summed E-state index contributed by atoms with van der Waals surface area (Å²) in [5, 5.41) is 3.31. The second-order valence-corrected chi connectivity index (χ2v) is 8.06. The number of amides is 2. The molecule has 7 nitrogen and oxygen atoms in total. The normalized spacial score (nSPS) is 18.1. The Balaban J connectivity index is 1.38. The van der Waals surface area contributed by atoms with Gasteiger partial charge in [0.2, 0.25) is 0 Å². The Kier molecular flexibility index (Phi) is 5.39. The molecule has 2 heterocycles. The van der Waals surface area contributed by atoms with Gasteiger partial charge in [-0.3, -0.25) is 14.4 Å². The Morgan fingerprint density at radius 1 is 1.17 bits per heavy atom. The molecule has 1 saturated heterocycles. The van der Waals surface area contributed by atoms with Crippen LogP contribution in [0.2, 0.25) is 5.02 Å². The lowest BCUT2D eigenvalue weighted by Gasteiger charge is -2.41. The molecule has 0 bridgehead atoms. The lowest BCUT2D eigenvalue weighted by molar-refractivity contribution is -0.143. The van der Waals surface area contributed by atoms with Crippen molar-refractivity contribution >= 4 is 40.8 Å². The molecule has 0 aromatic heterocycles. The molecule has 4 rings (SSSR count). The molecule has 2 aromatic carbocycles. The van der Waals surface area contributed by atoms with Crippen molar-refractivity contribution in [3.63, 3.8) is 0 Å². The Labute approximate surface area is 179 Å². The van der Waals surface area contributed by atoms with Gasteiger partial charge in [-0.25, -0.2) is 0 Å². The van der Waals surface area contributed by atoms with Crippen LogP contribution >= 0.6 is 11.6 Å². The molecule has 1 fully saturated rings. The van der Waals surface area contributed by atoms with Gasteiger partial charge in [0.1, 0.15) is 5.75 Å². The van der Waals surface area contributed by atoms with E-state index < -0.39 is 11.8 Å². The van der Waals surface area contributed by atoms with Crippen molar-refractivity contribution in [1.82, 2.24) is 4.90 Å². The highest BCUT2D eigenvalue weighted by atomic mass is 35.5. The van der Waals surface area contributed by atoms with Gasteiger partial charge in [-0.1, -0.05) is 23.7 Å². The molecule has 30 heavy (non-hydrogen) atoms. The maximum absolute atomic E-state index is 12.7. The fraction of sp³-hybridized carbons (Fsp3) is 0.318. The third-order valence-corrected chi connectivity index (χ3v) is 5.89. The number of hydrogen-bond acceptors (Lipinski definition) is 5. The highest BCUT2D eigenvalue weighted by Gasteiger charge is 2.30. The van der Waals surface area contributed by atoms with Crippen LogP contribution < -0.4 is 15.0 Å². The molecular weight excluding hydrogens is 406 g/mol. The van der Waals surface area contributed by atoms with Crippen LogP contribution in [0.25, 0.3) is 0 Å². The predicted octanol–water partition coefficient (Wildman–Crippen LogP) is 2.79.